The highest BCUT2D eigenvalue weighted by Gasteiger charge is 2.03. The lowest BCUT2D eigenvalue weighted by molar-refractivity contribution is -0.134. The van der Waals surface area contributed by atoms with Crippen LogP contribution in [0, 0.1) is 0 Å². The molecule has 0 aliphatic heterocycles. The summed E-state index contributed by atoms with van der Waals surface area (Å²) in [6, 6.07) is 8.05. The van der Waals surface area contributed by atoms with Crippen LogP contribution in [0.4, 0.5) is 0 Å². The fraction of sp³-hybridized carbons (Fsp3) is 0.385. The second kappa shape index (κ2) is 6.38. The van der Waals surface area contributed by atoms with E-state index >= 15 is 0 Å². The van der Waals surface area contributed by atoms with Crippen LogP contribution in [0.3, 0.4) is 0 Å². The first-order valence-corrected chi connectivity index (χ1v) is 5.21. The predicted octanol–water partition coefficient (Wildman–Crippen LogP) is 3.23. The van der Waals surface area contributed by atoms with E-state index in [1.165, 1.54) is 0 Å². The van der Waals surface area contributed by atoms with Crippen LogP contribution in [0.2, 0.25) is 0 Å². The maximum absolute atomic E-state index is 5.54. The van der Waals surface area contributed by atoms with Gasteiger partial charge in [0.2, 0.25) is 0 Å². The molecule has 15 heavy (non-hydrogen) atoms. The van der Waals surface area contributed by atoms with Crippen LogP contribution in [0.5, 0.6) is 0 Å². The maximum atomic E-state index is 5.54. The largest absolute Gasteiger partial charge is 0.353 e. The molecule has 0 bridgehead atoms. The summed E-state index contributed by atoms with van der Waals surface area (Å²) in [6.07, 6.45) is 1.68. The zero-order valence-electron chi connectivity index (χ0n) is 9.40. The van der Waals surface area contributed by atoms with Gasteiger partial charge in [0.05, 0.1) is 6.61 Å². The molecular weight excluding hydrogens is 188 g/mol. The van der Waals surface area contributed by atoms with E-state index in [9.17, 15) is 0 Å². The molecule has 1 aromatic carbocycles. The molecule has 0 saturated carbocycles. The van der Waals surface area contributed by atoms with Crippen molar-refractivity contribution in [2.45, 2.75) is 26.7 Å². The van der Waals surface area contributed by atoms with Crippen molar-refractivity contribution in [3.8, 4) is 0 Å². The van der Waals surface area contributed by atoms with Crippen LogP contribution in [0.15, 0.2) is 30.8 Å². The molecule has 0 aliphatic rings. The molecule has 0 radical (unpaired) electrons. The Morgan fingerprint density at radius 2 is 2.07 bits per heavy atom. The highest BCUT2D eigenvalue weighted by atomic mass is 16.7. The van der Waals surface area contributed by atoms with Gasteiger partial charge >= 0.3 is 0 Å². The third kappa shape index (κ3) is 3.86. The van der Waals surface area contributed by atoms with E-state index in [1.54, 1.807) is 0 Å². The van der Waals surface area contributed by atoms with Gasteiger partial charge in [0.25, 0.3) is 0 Å². The SMILES string of the molecule is C=Cc1ccccc1COC(C)OCC. The van der Waals surface area contributed by atoms with Crippen LogP contribution in [0.25, 0.3) is 6.08 Å². The van der Waals surface area contributed by atoms with Crippen molar-refractivity contribution in [1.82, 2.24) is 0 Å². The Kier molecular flexibility index (Phi) is 5.08. The molecule has 1 unspecified atom stereocenters. The zero-order valence-corrected chi connectivity index (χ0v) is 9.40. The minimum Gasteiger partial charge on any atom is -0.353 e. The normalized spacial score (nSPS) is 12.4. The molecule has 0 aromatic heterocycles. The second-order valence-corrected chi connectivity index (χ2v) is 3.24. The van der Waals surface area contributed by atoms with Gasteiger partial charge in [0.15, 0.2) is 6.29 Å². The van der Waals surface area contributed by atoms with Gasteiger partial charge in [-0.1, -0.05) is 36.9 Å². The molecular formula is C13H18O2. The first-order chi connectivity index (χ1) is 7.27. The third-order valence-electron chi connectivity index (χ3n) is 2.15. The molecule has 1 rings (SSSR count). The van der Waals surface area contributed by atoms with Crippen LogP contribution in [0.1, 0.15) is 25.0 Å². The number of benzene rings is 1. The van der Waals surface area contributed by atoms with E-state index < -0.39 is 0 Å². The summed E-state index contributed by atoms with van der Waals surface area (Å²) in [5, 5.41) is 0. The molecule has 0 spiro atoms. The Morgan fingerprint density at radius 1 is 1.33 bits per heavy atom. The van der Waals surface area contributed by atoms with Crippen LogP contribution < -0.4 is 0 Å². The lowest BCUT2D eigenvalue weighted by Gasteiger charge is -2.13. The van der Waals surface area contributed by atoms with Crippen molar-refractivity contribution in [3.05, 3.63) is 42.0 Å². The first kappa shape index (κ1) is 12.0. The fourth-order valence-electron chi connectivity index (χ4n) is 1.35. The highest BCUT2D eigenvalue weighted by molar-refractivity contribution is 5.51. The van der Waals surface area contributed by atoms with Crippen molar-refractivity contribution in [1.29, 1.82) is 0 Å². The fourth-order valence-corrected chi connectivity index (χ4v) is 1.35. The molecule has 0 amide bonds. The van der Waals surface area contributed by atoms with Gasteiger partial charge in [-0.2, -0.15) is 0 Å². The summed E-state index contributed by atoms with van der Waals surface area (Å²) in [5.41, 5.74) is 2.25. The van der Waals surface area contributed by atoms with E-state index in [0.717, 1.165) is 11.1 Å². The molecule has 1 atom stereocenters. The Hall–Kier alpha value is -1.12. The maximum Gasteiger partial charge on any atom is 0.155 e. The number of rotatable bonds is 6. The average molecular weight is 206 g/mol. The van der Waals surface area contributed by atoms with Gasteiger partial charge in [-0.05, 0) is 25.0 Å². The molecule has 2 heteroatoms. The zero-order chi connectivity index (χ0) is 11.1. The molecule has 0 saturated heterocycles. The molecule has 0 aliphatic carbocycles. The van der Waals surface area contributed by atoms with Crippen molar-refractivity contribution in [3.63, 3.8) is 0 Å². The Labute approximate surface area is 91.5 Å². The van der Waals surface area contributed by atoms with Crippen molar-refractivity contribution >= 4 is 6.08 Å². The van der Waals surface area contributed by atoms with Crippen LogP contribution in [-0.4, -0.2) is 12.9 Å². The van der Waals surface area contributed by atoms with Gasteiger partial charge in [-0.15, -0.1) is 0 Å². The van der Waals surface area contributed by atoms with Gasteiger partial charge in [-0.3, -0.25) is 0 Å². The van der Waals surface area contributed by atoms with Crippen LogP contribution in [-0.2, 0) is 16.1 Å². The Balaban J connectivity index is 2.53. The molecule has 0 N–H and O–H groups in total. The smallest absolute Gasteiger partial charge is 0.155 e. The number of hydrogen-bond acceptors (Lipinski definition) is 2. The standard InChI is InChI=1S/C13H18O2/c1-4-12-8-6-7-9-13(12)10-15-11(3)14-5-2/h4,6-9,11H,1,5,10H2,2-3H3. The third-order valence-corrected chi connectivity index (χ3v) is 2.15. The lowest BCUT2D eigenvalue weighted by atomic mass is 10.1. The number of ether oxygens (including phenoxy) is 2. The molecule has 82 valence electrons. The molecule has 1 aromatic rings. The van der Waals surface area contributed by atoms with E-state index in [1.807, 2.05) is 44.2 Å². The summed E-state index contributed by atoms with van der Waals surface area (Å²) < 4.78 is 10.8. The summed E-state index contributed by atoms with van der Waals surface area (Å²) in [4.78, 5) is 0. The lowest BCUT2D eigenvalue weighted by Crippen LogP contribution is -2.12. The number of hydrogen-bond donors (Lipinski definition) is 0. The summed E-state index contributed by atoms with van der Waals surface area (Å²) in [6.45, 7) is 8.86. The van der Waals surface area contributed by atoms with Gasteiger partial charge in [0, 0.05) is 6.61 Å². The summed E-state index contributed by atoms with van der Waals surface area (Å²) in [7, 11) is 0. The van der Waals surface area contributed by atoms with Gasteiger partial charge in [0.1, 0.15) is 0 Å². The van der Waals surface area contributed by atoms with Crippen molar-refractivity contribution < 1.29 is 9.47 Å². The van der Waals surface area contributed by atoms with E-state index in [-0.39, 0.29) is 6.29 Å². The minimum atomic E-state index is -0.159. The summed E-state index contributed by atoms with van der Waals surface area (Å²) in [5.74, 6) is 0. The van der Waals surface area contributed by atoms with E-state index in [4.69, 9.17) is 9.47 Å². The Bertz CT molecular complexity index is 307. The quantitative estimate of drug-likeness (QED) is 0.665. The second-order valence-electron chi connectivity index (χ2n) is 3.24. The van der Waals surface area contributed by atoms with Gasteiger partial charge in [-0.25, -0.2) is 0 Å². The predicted molar refractivity (Wildman–Crippen MR) is 62.4 cm³/mol. The minimum absolute atomic E-state index is 0.159. The van der Waals surface area contributed by atoms with Crippen molar-refractivity contribution in [2.24, 2.45) is 0 Å². The van der Waals surface area contributed by atoms with Crippen LogP contribution >= 0.6 is 0 Å². The van der Waals surface area contributed by atoms with E-state index in [2.05, 4.69) is 6.58 Å². The average Bonchev–Trinajstić information content (AvgIpc) is 2.27. The first-order valence-electron chi connectivity index (χ1n) is 5.21. The topological polar surface area (TPSA) is 18.5 Å². The molecule has 0 heterocycles. The van der Waals surface area contributed by atoms with Crippen molar-refractivity contribution in [2.75, 3.05) is 6.61 Å². The van der Waals surface area contributed by atoms with E-state index in [0.29, 0.717) is 13.2 Å². The highest BCUT2D eigenvalue weighted by Crippen LogP contribution is 2.12. The summed E-state index contributed by atoms with van der Waals surface area (Å²) >= 11 is 0. The Morgan fingerprint density at radius 3 is 2.73 bits per heavy atom. The van der Waals surface area contributed by atoms with Gasteiger partial charge < -0.3 is 9.47 Å². The monoisotopic (exact) mass is 206 g/mol. The molecule has 2 nitrogen and oxygen atoms in total. The molecule has 0 fully saturated rings.